The van der Waals surface area contributed by atoms with Crippen LogP contribution < -0.4 is 4.80 Å². The normalized spacial score (nSPS) is 11.6. The number of halogens is 1. The van der Waals surface area contributed by atoms with Crippen molar-refractivity contribution >= 4 is 17.0 Å². The van der Waals surface area contributed by atoms with E-state index in [1.165, 1.54) is 28.8 Å². The van der Waals surface area contributed by atoms with Gasteiger partial charge in [0.1, 0.15) is 5.82 Å². The summed E-state index contributed by atoms with van der Waals surface area (Å²) in [5, 5.41) is 2.16. The Morgan fingerprint density at radius 1 is 0.667 bits per heavy atom. The van der Waals surface area contributed by atoms with Crippen LogP contribution >= 0.6 is 11.3 Å². The minimum Gasteiger partial charge on any atom is -0.316 e. The first-order chi connectivity index (χ1) is 16.3. The summed E-state index contributed by atoms with van der Waals surface area (Å²) in [6.07, 6.45) is 0.906. The SMILES string of the molecule is Fc1ccc(N=c2scc(-c3ccc(-c4ccccc4)cc3)n2CCc2ccccc2)cc1. The number of nitrogens with zero attached hydrogens (tertiary/aromatic N) is 2. The number of benzene rings is 4. The predicted octanol–water partition coefficient (Wildman–Crippen LogP) is 7.50. The second kappa shape index (κ2) is 9.80. The Labute approximate surface area is 197 Å². The van der Waals surface area contributed by atoms with Crippen LogP contribution in [0.5, 0.6) is 0 Å². The summed E-state index contributed by atoms with van der Waals surface area (Å²) >= 11 is 1.61. The quantitative estimate of drug-likeness (QED) is 0.255. The Hall–Kier alpha value is -3.76. The Bertz CT molecular complexity index is 1380. The van der Waals surface area contributed by atoms with E-state index in [1.54, 1.807) is 23.5 Å². The van der Waals surface area contributed by atoms with Crippen LogP contribution in [0.3, 0.4) is 0 Å². The molecule has 162 valence electrons. The number of rotatable bonds is 6. The van der Waals surface area contributed by atoms with Gasteiger partial charge in [-0.25, -0.2) is 9.38 Å². The van der Waals surface area contributed by atoms with Crippen LogP contribution in [-0.4, -0.2) is 4.57 Å². The Morgan fingerprint density at radius 2 is 1.27 bits per heavy atom. The van der Waals surface area contributed by atoms with Gasteiger partial charge in [-0.15, -0.1) is 11.3 Å². The molecule has 33 heavy (non-hydrogen) atoms. The molecule has 4 aromatic carbocycles. The number of aromatic nitrogens is 1. The van der Waals surface area contributed by atoms with Gasteiger partial charge in [-0.3, -0.25) is 0 Å². The summed E-state index contributed by atoms with van der Waals surface area (Å²) in [6.45, 7) is 0.809. The fourth-order valence-electron chi connectivity index (χ4n) is 3.84. The fraction of sp³-hybridized carbons (Fsp3) is 0.0690. The van der Waals surface area contributed by atoms with E-state index in [9.17, 15) is 4.39 Å². The van der Waals surface area contributed by atoms with Crippen molar-refractivity contribution in [2.45, 2.75) is 13.0 Å². The predicted molar refractivity (Wildman–Crippen MR) is 135 cm³/mol. The highest BCUT2D eigenvalue weighted by molar-refractivity contribution is 7.07. The molecule has 0 amide bonds. The molecule has 0 bridgehead atoms. The maximum absolute atomic E-state index is 13.3. The molecule has 0 atom stereocenters. The van der Waals surface area contributed by atoms with Crippen molar-refractivity contribution in [3.05, 3.63) is 131 Å². The molecule has 1 heterocycles. The van der Waals surface area contributed by atoms with Crippen molar-refractivity contribution in [2.24, 2.45) is 4.99 Å². The third kappa shape index (κ3) is 5.02. The minimum atomic E-state index is -0.253. The van der Waals surface area contributed by atoms with E-state index >= 15 is 0 Å². The summed E-state index contributed by atoms with van der Waals surface area (Å²) in [6, 6.07) is 35.9. The van der Waals surface area contributed by atoms with Crippen LogP contribution in [-0.2, 0) is 13.0 Å². The van der Waals surface area contributed by atoms with Crippen LogP contribution in [0.4, 0.5) is 10.1 Å². The van der Waals surface area contributed by atoms with Gasteiger partial charge in [0.05, 0.1) is 11.4 Å². The largest absolute Gasteiger partial charge is 0.316 e. The number of hydrogen-bond donors (Lipinski definition) is 0. The van der Waals surface area contributed by atoms with E-state index in [0.29, 0.717) is 0 Å². The first-order valence-electron chi connectivity index (χ1n) is 10.9. The van der Waals surface area contributed by atoms with E-state index in [-0.39, 0.29) is 5.82 Å². The Morgan fingerprint density at radius 3 is 1.97 bits per heavy atom. The molecule has 0 aliphatic heterocycles. The van der Waals surface area contributed by atoms with Gasteiger partial charge in [0.2, 0.25) is 0 Å². The van der Waals surface area contributed by atoms with Gasteiger partial charge in [0, 0.05) is 11.9 Å². The highest BCUT2D eigenvalue weighted by Crippen LogP contribution is 2.26. The Kier molecular flexibility index (Phi) is 6.27. The van der Waals surface area contributed by atoms with Crippen molar-refractivity contribution < 1.29 is 4.39 Å². The van der Waals surface area contributed by atoms with E-state index in [4.69, 9.17) is 4.99 Å². The van der Waals surface area contributed by atoms with Gasteiger partial charge in [-0.05, 0) is 52.9 Å². The molecular formula is C29H23FN2S. The fourth-order valence-corrected chi connectivity index (χ4v) is 4.80. The van der Waals surface area contributed by atoms with Crippen molar-refractivity contribution in [1.29, 1.82) is 0 Å². The topological polar surface area (TPSA) is 17.3 Å². The molecule has 0 saturated carbocycles. The summed E-state index contributed by atoms with van der Waals surface area (Å²) in [4.78, 5) is 5.72. The van der Waals surface area contributed by atoms with Crippen molar-refractivity contribution in [3.8, 4) is 22.4 Å². The van der Waals surface area contributed by atoms with Gasteiger partial charge in [0.25, 0.3) is 0 Å². The first kappa shape index (κ1) is 21.1. The smallest absolute Gasteiger partial charge is 0.190 e. The van der Waals surface area contributed by atoms with Gasteiger partial charge in [0.15, 0.2) is 4.80 Å². The van der Waals surface area contributed by atoms with E-state index in [0.717, 1.165) is 34.7 Å². The standard InChI is InChI=1S/C29H23FN2S/c30-26-15-17-27(18-16-26)31-29-32(20-19-22-7-3-1-4-8-22)28(21-33-29)25-13-11-24(12-14-25)23-9-5-2-6-10-23/h1-18,21H,19-20H2. The van der Waals surface area contributed by atoms with E-state index in [2.05, 4.69) is 82.7 Å². The zero-order valence-corrected chi connectivity index (χ0v) is 18.9. The van der Waals surface area contributed by atoms with E-state index in [1.807, 2.05) is 12.1 Å². The third-order valence-corrected chi connectivity index (χ3v) is 6.47. The highest BCUT2D eigenvalue weighted by Gasteiger charge is 2.09. The highest BCUT2D eigenvalue weighted by atomic mass is 32.1. The van der Waals surface area contributed by atoms with E-state index < -0.39 is 0 Å². The molecule has 5 aromatic rings. The molecule has 0 radical (unpaired) electrons. The Balaban J connectivity index is 1.52. The van der Waals surface area contributed by atoms with Gasteiger partial charge < -0.3 is 4.57 Å². The van der Waals surface area contributed by atoms with Gasteiger partial charge >= 0.3 is 0 Å². The maximum Gasteiger partial charge on any atom is 0.190 e. The molecule has 0 fully saturated rings. The van der Waals surface area contributed by atoms with Crippen LogP contribution in [0.2, 0.25) is 0 Å². The summed E-state index contributed by atoms with van der Waals surface area (Å²) in [7, 11) is 0. The lowest BCUT2D eigenvalue weighted by Gasteiger charge is -2.10. The van der Waals surface area contributed by atoms with Crippen molar-refractivity contribution in [1.82, 2.24) is 4.57 Å². The number of hydrogen-bond acceptors (Lipinski definition) is 2. The molecule has 0 unspecified atom stereocenters. The summed E-state index contributed by atoms with van der Waals surface area (Å²) in [5.74, 6) is -0.253. The van der Waals surface area contributed by atoms with Crippen LogP contribution in [0, 0.1) is 5.82 Å². The maximum atomic E-state index is 13.3. The first-order valence-corrected chi connectivity index (χ1v) is 11.8. The summed E-state index contributed by atoms with van der Waals surface area (Å²) in [5.41, 5.74) is 6.72. The molecular weight excluding hydrogens is 427 g/mol. The molecule has 1 aromatic heterocycles. The van der Waals surface area contributed by atoms with Crippen LogP contribution in [0.15, 0.2) is 120 Å². The zero-order chi connectivity index (χ0) is 22.5. The molecule has 0 N–H and O–H groups in total. The van der Waals surface area contributed by atoms with Crippen LogP contribution in [0.1, 0.15) is 5.56 Å². The molecule has 0 aliphatic rings. The number of aryl methyl sites for hydroxylation is 1. The molecule has 0 spiro atoms. The average Bonchev–Trinajstić information content (AvgIpc) is 3.27. The molecule has 2 nitrogen and oxygen atoms in total. The number of thiazole rings is 1. The van der Waals surface area contributed by atoms with Gasteiger partial charge in [-0.1, -0.05) is 84.9 Å². The zero-order valence-electron chi connectivity index (χ0n) is 18.1. The van der Waals surface area contributed by atoms with Crippen molar-refractivity contribution in [2.75, 3.05) is 0 Å². The molecule has 5 rings (SSSR count). The molecule has 0 aliphatic carbocycles. The second-order valence-corrected chi connectivity index (χ2v) is 8.66. The monoisotopic (exact) mass is 450 g/mol. The lowest BCUT2D eigenvalue weighted by atomic mass is 10.0. The summed E-state index contributed by atoms with van der Waals surface area (Å²) < 4.78 is 15.6. The van der Waals surface area contributed by atoms with Crippen molar-refractivity contribution in [3.63, 3.8) is 0 Å². The minimum absolute atomic E-state index is 0.253. The average molecular weight is 451 g/mol. The lowest BCUT2D eigenvalue weighted by molar-refractivity contribution is 0.628. The van der Waals surface area contributed by atoms with Crippen LogP contribution in [0.25, 0.3) is 22.4 Å². The molecule has 0 saturated heterocycles. The lowest BCUT2D eigenvalue weighted by Crippen LogP contribution is -2.17. The third-order valence-electron chi connectivity index (χ3n) is 5.60. The van der Waals surface area contributed by atoms with Gasteiger partial charge in [-0.2, -0.15) is 0 Å². The molecule has 4 heteroatoms. The second-order valence-electron chi connectivity index (χ2n) is 7.82.